The van der Waals surface area contributed by atoms with Crippen LogP contribution in [0, 0.1) is 5.92 Å². The van der Waals surface area contributed by atoms with E-state index in [0.717, 1.165) is 31.2 Å². The first-order valence-electron chi connectivity index (χ1n) is 19.5. The van der Waals surface area contributed by atoms with Crippen LogP contribution in [0.1, 0.15) is 179 Å². The number of piperidine rings is 3. The summed E-state index contributed by atoms with van der Waals surface area (Å²) in [5.74, 6) is -1.03. The maximum atomic E-state index is 14.0. The molecule has 1 aliphatic carbocycles. The maximum absolute atomic E-state index is 14.0. The van der Waals surface area contributed by atoms with E-state index in [4.69, 9.17) is 14.2 Å². The summed E-state index contributed by atoms with van der Waals surface area (Å²) in [7, 11) is 0. The second kappa shape index (κ2) is 14.1. The highest BCUT2D eigenvalue weighted by molar-refractivity contribution is 5.95. The second-order valence-corrected chi connectivity index (χ2v) is 20.4. The molecule has 5 rings (SSSR count). The number of carbonyl (C=O) groups excluding carboxylic acids is 3. The zero-order valence-electron chi connectivity index (χ0n) is 33.6. The molecule has 3 heterocycles. The van der Waals surface area contributed by atoms with E-state index in [9.17, 15) is 14.4 Å². The summed E-state index contributed by atoms with van der Waals surface area (Å²) in [5, 5.41) is 11.0. The average Bonchev–Trinajstić information content (AvgIpc) is 2.91. The van der Waals surface area contributed by atoms with Crippen LogP contribution in [0.25, 0.3) is 0 Å². The zero-order chi connectivity index (χ0) is 37.8. The van der Waals surface area contributed by atoms with Crippen molar-refractivity contribution in [2.45, 2.75) is 205 Å². The molecule has 3 aliphatic heterocycles. The Balaban J connectivity index is 1.33. The highest BCUT2D eigenvalue weighted by Gasteiger charge is 2.43. The molecule has 0 unspecified atom stereocenters. The fourth-order valence-electron chi connectivity index (χ4n) is 10.5. The maximum Gasteiger partial charge on any atom is 0.338 e. The van der Waals surface area contributed by atoms with Crippen LogP contribution in [0.3, 0.4) is 0 Å². The highest BCUT2D eigenvalue weighted by atomic mass is 16.6. The van der Waals surface area contributed by atoms with Gasteiger partial charge in [0.25, 0.3) is 0 Å². The van der Waals surface area contributed by atoms with Gasteiger partial charge in [0.1, 0.15) is 18.3 Å². The van der Waals surface area contributed by atoms with Crippen molar-refractivity contribution < 1.29 is 28.6 Å². The van der Waals surface area contributed by atoms with Gasteiger partial charge >= 0.3 is 17.9 Å². The topological polar surface area (TPSA) is 115 Å². The number of hydrogen-bond donors (Lipinski definition) is 3. The first-order chi connectivity index (χ1) is 23.3. The van der Waals surface area contributed by atoms with Gasteiger partial charge in [-0.1, -0.05) is 0 Å². The third kappa shape index (κ3) is 10.6. The van der Waals surface area contributed by atoms with Gasteiger partial charge in [0, 0.05) is 71.8 Å². The van der Waals surface area contributed by atoms with Gasteiger partial charge in [0.05, 0.1) is 17.0 Å². The molecule has 3 N–H and O–H groups in total. The molecular formula is C42H67N3O6. The normalized spacial score (nSPS) is 28.7. The summed E-state index contributed by atoms with van der Waals surface area (Å²) in [6.45, 7) is 25.7. The Hall–Kier alpha value is -2.49. The van der Waals surface area contributed by atoms with Crippen molar-refractivity contribution in [2.24, 2.45) is 5.92 Å². The first-order valence-corrected chi connectivity index (χ1v) is 19.5. The quantitative estimate of drug-likeness (QED) is 0.193. The molecule has 0 amide bonds. The van der Waals surface area contributed by atoms with Gasteiger partial charge in [0.2, 0.25) is 0 Å². The van der Waals surface area contributed by atoms with Crippen LogP contribution in [0.4, 0.5) is 0 Å². The van der Waals surface area contributed by atoms with Crippen molar-refractivity contribution in [1.29, 1.82) is 0 Å². The van der Waals surface area contributed by atoms with Crippen LogP contribution >= 0.6 is 0 Å². The SMILES string of the molecule is CC1(C)CC(OC(=O)c2ccc(C(=O)OC3CC(C)(C)NC(C)(C)C3)c(C3CCC(C(=O)OC4CC(C)(C)NC(C)(C)C4)CC3)c2)CC(C)(C)N1. The number of benzene rings is 1. The van der Waals surface area contributed by atoms with E-state index in [1.165, 1.54) is 0 Å². The highest BCUT2D eigenvalue weighted by Crippen LogP contribution is 2.40. The number of carbonyl (C=O) groups is 3. The minimum Gasteiger partial charge on any atom is -0.462 e. The molecule has 51 heavy (non-hydrogen) atoms. The first kappa shape index (κ1) is 39.7. The van der Waals surface area contributed by atoms with Crippen LogP contribution in [0.5, 0.6) is 0 Å². The summed E-state index contributed by atoms with van der Waals surface area (Å²) in [4.78, 5) is 41.2. The van der Waals surface area contributed by atoms with Crippen molar-refractivity contribution in [1.82, 2.24) is 16.0 Å². The van der Waals surface area contributed by atoms with Gasteiger partial charge in [0.15, 0.2) is 0 Å². The van der Waals surface area contributed by atoms with Crippen LogP contribution in [0.15, 0.2) is 18.2 Å². The Morgan fingerprint density at radius 2 is 0.902 bits per heavy atom. The molecule has 0 radical (unpaired) electrons. The van der Waals surface area contributed by atoms with Gasteiger partial charge in [-0.05, 0) is 138 Å². The van der Waals surface area contributed by atoms with Crippen molar-refractivity contribution in [2.75, 3.05) is 0 Å². The summed E-state index contributed by atoms with van der Waals surface area (Å²) in [6.07, 6.45) is 6.61. The van der Waals surface area contributed by atoms with Gasteiger partial charge in [-0.15, -0.1) is 0 Å². The lowest BCUT2D eigenvalue weighted by atomic mass is 9.76. The Labute approximate surface area is 307 Å². The molecule has 1 saturated carbocycles. The lowest BCUT2D eigenvalue weighted by Crippen LogP contribution is -2.59. The zero-order valence-corrected chi connectivity index (χ0v) is 33.6. The molecule has 0 bridgehead atoms. The number of esters is 3. The van der Waals surface area contributed by atoms with Crippen molar-refractivity contribution in [3.8, 4) is 0 Å². The van der Waals surface area contributed by atoms with E-state index in [1.54, 1.807) is 12.1 Å². The van der Waals surface area contributed by atoms with Crippen LogP contribution in [-0.4, -0.2) is 69.5 Å². The fourth-order valence-corrected chi connectivity index (χ4v) is 10.5. The smallest absolute Gasteiger partial charge is 0.338 e. The Morgan fingerprint density at radius 1 is 0.529 bits per heavy atom. The molecule has 286 valence electrons. The lowest BCUT2D eigenvalue weighted by Gasteiger charge is -2.46. The number of ether oxygens (including phenoxy) is 3. The van der Waals surface area contributed by atoms with Crippen molar-refractivity contribution >= 4 is 17.9 Å². The molecular weight excluding hydrogens is 642 g/mol. The molecule has 1 aromatic rings. The standard InChI is InChI=1S/C42H67N3O6/c1-37(2)20-29(21-38(3,4)43-37)49-34(46)27-15-13-26(14-16-27)33-19-28(35(47)50-30-22-39(5,6)44-40(7,8)23-30)17-18-32(33)36(48)51-31-24-41(9,10)45-42(11,12)25-31/h17-19,26-27,29-31,43-45H,13-16,20-25H2,1-12H3. The number of rotatable bonds is 7. The van der Waals surface area contributed by atoms with Gasteiger partial charge in [-0.25, -0.2) is 9.59 Å². The average molecular weight is 710 g/mol. The van der Waals surface area contributed by atoms with E-state index in [0.29, 0.717) is 49.7 Å². The minimum atomic E-state index is -0.374. The minimum absolute atomic E-state index is 0.00116. The third-order valence-electron chi connectivity index (χ3n) is 11.3. The van der Waals surface area contributed by atoms with E-state index in [1.807, 2.05) is 6.07 Å². The largest absolute Gasteiger partial charge is 0.462 e. The second-order valence-electron chi connectivity index (χ2n) is 20.4. The number of hydrogen-bond acceptors (Lipinski definition) is 9. The summed E-state index contributed by atoms with van der Waals surface area (Å²) in [6, 6.07) is 5.32. The summed E-state index contributed by atoms with van der Waals surface area (Å²) in [5.41, 5.74) is 0.852. The molecule has 0 spiro atoms. The predicted octanol–water partition coefficient (Wildman–Crippen LogP) is 7.74. The van der Waals surface area contributed by atoms with Crippen LogP contribution < -0.4 is 16.0 Å². The van der Waals surface area contributed by atoms with Gasteiger partial charge in [-0.3, -0.25) is 4.79 Å². The molecule has 1 aromatic carbocycles. The van der Waals surface area contributed by atoms with Crippen molar-refractivity contribution in [3.05, 3.63) is 34.9 Å². The Kier molecular flexibility index (Phi) is 10.9. The molecule has 4 fully saturated rings. The third-order valence-corrected chi connectivity index (χ3v) is 11.3. The molecule has 0 atom stereocenters. The monoisotopic (exact) mass is 710 g/mol. The van der Waals surface area contributed by atoms with Gasteiger partial charge < -0.3 is 30.2 Å². The van der Waals surface area contributed by atoms with E-state index >= 15 is 0 Å². The molecule has 9 nitrogen and oxygen atoms in total. The number of nitrogens with one attached hydrogen (secondary N) is 3. The van der Waals surface area contributed by atoms with E-state index in [2.05, 4.69) is 99.0 Å². The van der Waals surface area contributed by atoms with Crippen molar-refractivity contribution in [3.63, 3.8) is 0 Å². The lowest BCUT2D eigenvalue weighted by molar-refractivity contribution is -0.159. The molecule has 9 heteroatoms. The predicted molar refractivity (Wildman–Crippen MR) is 201 cm³/mol. The Morgan fingerprint density at radius 3 is 1.31 bits per heavy atom. The van der Waals surface area contributed by atoms with E-state index < -0.39 is 0 Å². The Bertz CT molecular complexity index is 1420. The molecule has 0 aromatic heterocycles. The van der Waals surface area contributed by atoms with Crippen LogP contribution in [-0.2, 0) is 19.0 Å². The van der Waals surface area contributed by atoms with Crippen LogP contribution in [0.2, 0.25) is 0 Å². The fraction of sp³-hybridized carbons (Fsp3) is 0.786. The van der Waals surface area contributed by atoms with E-state index in [-0.39, 0.29) is 81.3 Å². The molecule has 4 aliphatic rings. The summed E-state index contributed by atoms with van der Waals surface area (Å²) < 4.78 is 18.5. The van der Waals surface area contributed by atoms with Gasteiger partial charge in [-0.2, -0.15) is 0 Å². The summed E-state index contributed by atoms with van der Waals surface area (Å²) >= 11 is 0. The molecule has 3 saturated heterocycles.